The van der Waals surface area contributed by atoms with Crippen molar-refractivity contribution >= 4 is 40.4 Å². The van der Waals surface area contributed by atoms with E-state index in [2.05, 4.69) is 20.5 Å². The number of aromatic amines is 1. The maximum absolute atomic E-state index is 13.6. The van der Waals surface area contributed by atoms with Crippen molar-refractivity contribution in [3.8, 4) is 10.7 Å². The first kappa shape index (κ1) is 17.0. The van der Waals surface area contributed by atoms with E-state index in [-0.39, 0.29) is 17.1 Å². The van der Waals surface area contributed by atoms with Crippen LogP contribution in [0.15, 0.2) is 40.9 Å². The summed E-state index contributed by atoms with van der Waals surface area (Å²) in [6.45, 7) is 0. The molecular weight excluding hydrogens is 369 g/mol. The quantitative estimate of drug-likeness (QED) is 0.386. The predicted molar refractivity (Wildman–Crippen MR) is 92.1 cm³/mol. The molecule has 0 aliphatic heterocycles. The highest BCUT2D eigenvalue weighted by Gasteiger charge is 2.14. The van der Waals surface area contributed by atoms with Gasteiger partial charge in [-0.3, -0.25) is 20.0 Å². The van der Waals surface area contributed by atoms with Gasteiger partial charge in [0.05, 0.1) is 21.2 Å². The van der Waals surface area contributed by atoms with E-state index in [0.717, 1.165) is 34.8 Å². The second kappa shape index (κ2) is 7.40. The Bertz CT molecular complexity index is 913. The van der Waals surface area contributed by atoms with Crippen molar-refractivity contribution in [2.45, 2.75) is 5.16 Å². The van der Waals surface area contributed by atoms with Crippen LogP contribution in [0, 0.1) is 15.9 Å². The van der Waals surface area contributed by atoms with E-state index >= 15 is 0 Å². The number of thiophene rings is 1. The number of carbonyl (C=O) groups excluding carboxylic acids is 1. The minimum atomic E-state index is -0.748. The molecule has 8 nitrogen and oxygen atoms in total. The van der Waals surface area contributed by atoms with Crippen molar-refractivity contribution in [1.82, 2.24) is 15.2 Å². The largest absolute Gasteiger partial charge is 0.323 e. The molecule has 0 bridgehead atoms. The van der Waals surface area contributed by atoms with Crippen molar-refractivity contribution in [3.05, 3.63) is 51.6 Å². The Hall–Kier alpha value is -2.79. The highest BCUT2D eigenvalue weighted by Crippen LogP contribution is 2.24. The molecule has 11 heteroatoms. The molecule has 0 radical (unpaired) electrons. The summed E-state index contributed by atoms with van der Waals surface area (Å²) in [7, 11) is 0. The first-order valence-corrected chi connectivity index (χ1v) is 8.72. The van der Waals surface area contributed by atoms with E-state index in [0.29, 0.717) is 11.0 Å². The number of amides is 1. The van der Waals surface area contributed by atoms with Gasteiger partial charge >= 0.3 is 0 Å². The van der Waals surface area contributed by atoms with E-state index in [1.165, 1.54) is 11.3 Å². The second-order valence-corrected chi connectivity index (χ2v) is 6.59. The van der Waals surface area contributed by atoms with Gasteiger partial charge in [-0.2, -0.15) is 0 Å². The van der Waals surface area contributed by atoms with Crippen LogP contribution in [0.2, 0.25) is 0 Å². The Morgan fingerprint density at radius 1 is 1.44 bits per heavy atom. The Balaban J connectivity index is 1.60. The van der Waals surface area contributed by atoms with E-state index in [1.54, 1.807) is 0 Å². The summed E-state index contributed by atoms with van der Waals surface area (Å²) in [5, 5.41) is 22.1. The second-order valence-electron chi connectivity index (χ2n) is 4.70. The van der Waals surface area contributed by atoms with Crippen LogP contribution in [0.1, 0.15) is 0 Å². The molecule has 128 valence electrons. The summed E-state index contributed by atoms with van der Waals surface area (Å²) in [4.78, 5) is 27.1. The van der Waals surface area contributed by atoms with Gasteiger partial charge in [-0.1, -0.05) is 17.8 Å². The number of aromatic nitrogens is 3. The van der Waals surface area contributed by atoms with Crippen molar-refractivity contribution < 1.29 is 14.1 Å². The third-order valence-electron chi connectivity index (χ3n) is 2.99. The zero-order chi connectivity index (χ0) is 17.8. The zero-order valence-corrected chi connectivity index (χ0v) is 14.1. The molecule has 0 fully saturated rings. The molecule has 0 saturated heterocycles. The van der Waals surface area contributed by atoms with Crippen molar-refractivity contribution in [1.29, 1.82) is 0 Å². The van der Waals surface area contributed by atoms with Gasteiger partial charge in [0.25, 0.3) is 5.69 Å². The minimum absolute atomic E-state index is 0.0656. The molecule has 0 unspecified atom stereocenters. The fourth-order valence-corrected chi connectivity index (χ4v) is 3.14. The number of hydrogen-bond acceptors (Lipinski definition) is 7. The molecule has 0 spiro atoms. The van der Waals surface area contributed by atoms with Crippen molar-refractivity contribution in [2.24, 2.45) is 0 Å². The molecule has 3 aromatic rings. The maximum Gasteiger partial charge on any atom is 0.271 e. The molecule has 0 saturated carbocycles. The Kier molecular flexibility index (Phi) is 5.05. The van der Waals surface area contributed by atoms with Gasteiger partial charge in [0.2, 0.25) is 11.1 Å². The number of benzene rings is 1. The zero-order valence-electron chi connectivity index (χ0n) is 12.4. The van der Waals surface area contributed by atoms with Gasteiger partial charge in [0.1, 0.15) is 5.82 Å². The van der Waals surface area contributed by atoms with Crippen LogP contribution in [0.4, 0.5) is 15.8 Å². The highest BCUT2D eigenvalue weighted by atomic mass is 32.2. The summed E-state index contributed by atoms with van der Waals surface area (Å²) in [5.41, 5.74) is -0.548. The van der Waals surface area contributed by atoms with Crippen LogP contribution < -0.4 is 5.32 Å². The average Bonchev–Trinajstić information content (AvgIpc) is 3.26. The smallest absolute Gasteiger partial charge is 0.271 e. The number of rotatable bonds is 6. The Morgan fingerprint density at radius 2 is 2.28 bits per heavy atom. The summed E-state index contributed by atoms with van der Waals surface area (Å²) in [5.74, 6) is -0.736. The van der Waals surface area contributed by atoms with E-state index in [1.807, 2.05) is 17.5 Å². The van der Waals surface area contributed by atoms with Gasteiger partial charge in [0.15, 0.2) is 5.82 Å². The Morgan fingerprint density at radius 3 is 3.00 bits per heavy atom. The fraction of sp³-hybridized carbons (Fsp3) is 0.0714. The van der Waals surface area contributed by atoms with Gasteiger partial charge in [-0.05, 0) is 17.5 Å². The molecule has 1 amide bonds. The van der Waals surface area contributed by atoms with Crippen LogP contribution >= 0.6 is 23.1 Å². The van der Waals surface area contributed by atoms with Crippen molar-refractivity contribution in [2.75, 3.05) is 11.1 Å². The third-order valence-corrected chi connectivity index (χ3v) is 4.71. The molecular formula is C14H10FN5O3S2. The number of nitrogens with zero attached hydrogens (tertiary/aromatic N) is 3. The summed E-state index contributed by atoms with van der Waals surface area (Å²) in [6, 6.07) is 6.70. The number of nitro groups is 1. The fourth-order valence-electron chi connectivity index (χ4n) is 1.87. The van der Waals surface area contributed by atoms with Crippen LogP contribution in [-0.2, 0) is 4.79 Å². The van der Waals surface area contributed by atoms with E-state index in [9.17, 15) is 19.3 Å². The van der Waals surface area contributed by atoms with E-state index < -0.39 is 16.6 Å². The molecule has 25 heavy (non-hydrogen) atoms. The molecule has 0 aliphatic rings. The average molecular weight is 379 g/mol. The molecule has 0 aliphatic carbocycles. The molecule has 2 aromatic heterocycles. The lowest BCUT2D eigenvalue weighted by molar-refractivity contribution is -0.384. The molecule has 1 aromatic carbocycles. The Labute approximate surface area is 148 Å². The van der Waals surface area contributed by atoms with Crippen LogP contribution in [0.3, 0.4) is 0 Å². The number of H-pyrrole nitrogens is 1. The molecule has 2 heterocycles. The number of anilines is 1. The molecule has 0 atom stereocenters. The number of hydrogen-bond donors (Lipinski definition) is 2. The summed E-state index contributed by atoms with van der Waals surface area (Å²) in [6.07, 6.45) is 0. The predicted octanol–water partition coefficient (Wildman–Crippen LogP) is 3.31. The van der Waals surface area contributed by atoms with E-state index in [4.69, 9.17) is 0 Å². The van der Waals surface area contributed by atoms with Gasteiger partial charge in [-0.15, -0.1) is 16.4 Å². The normalized spacial score (nSPS) is 10.6. The number of thioether (sulfide) groups is 1. The van der Waals surface area contributed by atoms with Gasteiger partial charge < -0.3 is 5.32 Å². The van der Waals surface area contributed by atoms with Gasteiger partial charge in [0, 0.05) is 12.1 Å². The lowest BCUT2D eigenvalue weighted by atomic mass is 10.2. The lowest BCUT2D eigenvalue weighted by Crippen LogP contribution is -2.15. The minimum Gasteiger partial charge on any atom is -0.323 e. The first-order valence-electron chi connectivity index (χ1n) is 6.86. The number of halogens is 1. The monoisotopic (exact) mass is 379 g/mol. The summed E-state index contributed by atoms with van der Waals surface area (Å²) < 4.78 is 13.6. The van der Waals surface area contributed by atoms with Crippen LogP contribution in [0.25, 0.3) is 10.7 Å². The molecule has 3 rings (SSSR count). The first-order chi connectivity index (χ1) is 12.0. The van der Waals surface area contributed by atoms with Crippen LogP contribution in [-0.4, -0.2) is 31.8 Å². The summed E-state index contributed by atoms with van der Waals surface area (Å²) >= 11 is 2.57. The SMILES string of the molecule is O=C(CSc1n[nH]c(-c2cccs2)n1)Nc1cc([N+](=O)[O-])ccc1F. The molecule has 2 N–H and O–H groups in total. The van der Waals surface area contributed by atoms with Gasteiger partial charge in [-0.25, -0.2) is 9.37 Å². The number of nitrogens with one attached hydrogen (secondary N) is 2. The topological polar surface area (TPSA) is 114 Å². The van der Waals surface area contributed by atoms with Crippen LogP contribution in [0.5, 0.6) is 0 Å². The third kappa shape index (κ3) is 4.19. The standard InChI is InChI=1S/C14H10FN5O3S2/c15-9-4-3-8(20(22)23)6-10(9)16-12(21)7-25-14-17-13(18-19-14)11-2-1-5-24-11/h1-6H,7H2,(H,16,21)(H,17,18,19). The highest BCUT2D eigenvalue weighted by molar-refractivity contribution is 7.99. The number of nitro benzene ring substituents is 1. The number of non-ortho nitro benzene ring substituents is 1. The maximum atomic E-state index is 13.6. The van der Waals surface area contributed by atoms with Crippen molar-refractivity contribution in [3.63, 3.8) is 0 Å². The number of carbonyl (C=O) groups is 1. The lowest BCUT2D eigenvalue weighted by Gasteiger charge is -2.05.